The molecule has 2 rings (SSSR count). The summed E-state index contributed by atoms with van der Waals surface area (Å²) in [7, 11) is 0. The molecule has 0 spiro atoms. The minimum absolute atomic E-state index is 0. The predicted molar refractivity (Wildman–Crippen MR) is 61.0 cm³/mol. The molecular weight excluding hydrogens is 214 g/mol. The summed E-state index contributed by atoms with van der Waals surface area (Å²) < 4.78 is 5.30. The van der Waals surface area contributed by atoms with Crippen molar-refractivity contribution in [2.75, 3.05) is 19.7 Å². The van der Waals surface area contributed by atoms with E-state index in [1.54, 1.807) is 6.26 Å². The Labute approximate surface area is 96.5 Å². The van der Waals surface area contributed by atoms with Gasteiger partial charge in [-0.25, -0.2) is 0 Å². The number of nitrogens with zero attached hydrogens (tertiary/aromatic N) is 1. The molecule has 1 fully saturated rings. The molecule has 0 radical (unpaired) electrons. The van der Waals surface area contributed by atoms with Crippen LogP contribution in [0.4, 0.5) is 0 Å². The summed E-state index contributed by atoms with van der Waals surface area (Å²) >= 11 is 0. The highest BCUT2D eigenvalue weighted by atomic mass is 35.5. The molecule has 0 amide bonds. The zero-order valence-electron chi connectivity index (χ0n) is 8.76. The lowest BCUT2D eigenvalue weighted by Gasteiger charge is -2.30. The predicted octanol–water partition coefficient (Wildman–Crippen LogP) is 1.91. The minimum Gasteiger partial charge on any atom is -0.468 e. The number of aliphatic hydroxyl groups excluding tert-OH is 1. The summed E-state index contributed by atoms with van der Waals surface area (Å²) in [6, 6.07) is 3.94. The molecule has 1 saturated heterocycles. The highest BCUT2D eigenvalue weighted by Crippen LogP contribution is 2.18. The van der Waals surface area contributed by atoms with E-state index in [0.717, 1.165) is 38.2 Å². The topological polar surface area (TPSA) is 36.6 Å². The Morgan fingerprint density at radius 1 is 1.40 bits per heavy atom. The summed E-state index contributed by atoms with van der Waals surface area (Å²) in [5, 5.41) is 9.00. The molecule has 15 heavy (non-hydrogen) atoms. The molecule has 0 saturated carbocycles. The Balaban J connectivity index is 0.00000112. The molecule has 0 bridgehead atoms. The summed E-state index contributed by atoms with van der Waals surface area (Å²) in [6.07, 6.45) is 3.93. The first-order chi connectivity index (χ1) is 6.88. The van der Waals surface area contributed by atoms with E-state index in [-0.39, 0.29) is 12.4 Å². The van der Waals surface area contributed by atoms with Crippen LogP contribution >= 0.6 is 12.4 Å². The Hall–Kier alpha value is -0.510. The average molecular weight is 232 g/mol. The second-order valence-corrected chi connectivity index (χ2v) is 3.98. The Morgan fingerprint density at radius 3 is 2.67 bits per heavy atom. The van der Waals surface area contributed by atoms with Crippen LogP contribution < -0.4 is 0 Å². The number of halogens is 1. The minimum atomic E-state index is 0. The van der Waals surface area contributed by atoms with Crippen molar-refractivity contribution < 1.29 is 9.52 Å². The highest BCUT2D eigenvalue weighted by molar-refractivity contribution is 5.85. The molecule has 1 aromatic rings. The Bertz CT molecular complexity index is 256. The first kappa shape index (κ1) is 12.6. The number of furan rings is 1. The van der Waals surface area contributed by atoms with Crippen LogP contribution in [0, 0.1) is 5.92 Å². The first-order valence-electron chi connectivity index (χ1n) is 5.24. The largest absolute Gasteiger partial charge is 0.468 e. The molecule has 1 aliphatic heterocycles. The van der Waals surface area contributed by atoms with E-state index in [9.17, 15) is 0 Å². The maximum Gasteiger partial charge on any atom is 0.117 e. The number of likely N-dealkylation sites (tertiary alicyclic amines) is 1. The summed E-state index contributed by atoms with van der Waals surface area (Å²) in [6.45, 7) is 3.40. The summed E-state index contributed by atoms with van der Waals surface area (Å²) in [5.41, 5.74) is 0. The van der Waals surface area contributed by atoms with Crippen molar-refractivity contribution in [2.45, 2.75) is 19.4 Å². The Kier molecular flexibility index (Phi) is 5.15. The molecule has 0 aliphatic carbocycles. The van der Waals surface area contributed by atoms with Gasteiger partial charge in [0.05, 0.1) is 12.8 Å². The fourth-order valence-electron chi connectivity index (χ4n) is 1.95. The van der Waals surface area contributed by atoms with Gasteiger partial charge in [-0.1, -0.05) is 0 Å². The molecule has 1 N–H and O–H groups in total. The van der Waals surface area contributed by atoms with Gasteiger partial charge < -0.3 is 9.52 Å². The smallest absolute Gasteiger partial charge is 0.117 e. The first-order valence-corrected chi connectivity index (χ1v) is 5.24. The zero-order valence-corrected chi connectivity index (χ0v) is 9.58. The van der Waals surface area contributed by atoms with Gasteiger partial charge in [0.25, 0.3) is 0 Å². The van der Waals surface area contributed by atoms with Crippen molar-refractivity contribution in [3.05, 3.63) is 24.2 Å². The monoisotopic (exact) mass is 231 g/mol. The van der Waals surface area contributed by atoms with Crippen LogP contribution in [0.15, 0.2) is 22.8 Å². The van der Waals surface area contributed by atoms with E-state index in [1.165, 1.54) is 0 Å². The van der Waals surface area contributed by atoms with Crippen LogP contribution in [0.2, 0.25) is 0 Å². The molecule has 0 atom stereocenters. The fourth-order valence-corrected chi connectivity index (χ4v) is 1.95. The van der Waals surface area contributed by atoms with Gasteiger partial charge in [0.2, 0.25) is 0 Å². The van der Waals surface area contributed by atoms with E-state index < -0.39 is 0 Å². The third-order valence-electron chi connectivity index (χ3n) is 2.92. The van der Waals surface area contributed by atoms with Gasteiger partial charge >= 0.3 is 0 Å². The maximum atomic E-state index is 9.00. The van der Waals surface area contributed by atoms with Gasteiger partial charge in [0.15, 0.2) is 0 Å². The highest BCUT2D eigenvalue weighted by Gasteiger charge is 2.18. The molecule has 0 unspecified atom stereocenters. The molecule has 1 aliphatic rings. The summed E-state index contributed by atoms with van der Waals surface area (Å²) in [5.74, 6) is 1.55. The van der Waals surface area contributed by atoms with Gasteiger partial charge in [-0.05, 0) is 44.0 Å². The van der Waals surface area contributed by atoms with Crippen LogP contribution in [0.3, 0.4) is 0 Å². The number of piperidine rings is 1. The van der Waals surface area contributed by atoms with E-state index in [4.69, 9.17) is 9.52 Å². The van der Waals surface area contributed by atoms with E-state index in [1.807, 2.05) is 12.1 Å². The van der Waals surface area contributed by atoms with Gasteiger partial charge in [-0.15, -0.1) is 12.4 Å². The van der Waals surface area contributed by atoms with Crippen LogP contribution in [0.25, 0.3) is 0 Å². The van der Waals surface area contributed by atoms with Crippen molar-refractivity contribution in [1.29, 1.82) is 0 Å². The van der Waals surface area contributed by atoms with Crippen LogP contribution in [-0.4, -0.2) is 29.7 Å². The van der Waals surface area contributed by atoms with E-state index in [0.29, 0.717) is 12.5 Å². The van der Waals surface area contributed by atoms with Crippen LogP contribution in [0.5, 0.6) is 0 Å². The van der Waals surface area contributed by atoms with Crippen molar-refractivity contribution in [3.63, 3.8) is 0 Å². The van der Waals surface area contributed by atoms with Crippen molar-refractivity contribution >= 4 is 12.4 Å². The maximum absolute atomic E-state index is 9.00. The van der Waals surface area contributed by atoms with Gasteiger partial charge in [-0.2, -0.15) is 0 Å². The average Bonchev–Trinajstić information content (AvgIpc) is 2.72. The number of hydrogen-bond acceptors (Lipinski definition) is 3. The normalized spacial score (nSPS) is 18.7. The summed E-state index contributed by atoms with van der Waals surface area (Å²) in [4.78, 5) is 2.38. The van der Waals surface area contributed by atoms with Crippen molar-refractivity contribution in [3.8, 4) is 0 Å². The lowest BCUT2D eigenvalue weighted by Crippen LogP contribution is -2.34. The molecule has 86 valence electrons. The van der Waals surface area contributed by atoms with Crippen molar-refractivity contribution in [2.24, 2.45) is 5.92 Å². The molecule has 2 heterocycles. The Morgan fingerprint density at radius 2 is 2.13 bits per heavy atom. The van der Waals surface area contributed by atoms with Crippen molar-refractivity contribution in [1.82, 2.24) is 4.90 Å². The van der Waals surface area contributed by atoms with Gasteiger partial charge in [0.1, 0.15) is 5.76 Å². The third kappa shape index (κ3) is 3.52. The molecule has 4 heteroatoms. The zero-order chi connectivity index (χ0) is 9.80. The lowest BCUT2D eigenvalue weighted by molar-refractivity contribution is 0.122. The van der Waals surface area contributed by atoms with Crippen LogP contribution in [0.1, 0.15) is 18.6 Å². The fraction of sp³-hybridized carbons (Fsp3) is 0.636. The molecule has 1 aromatic heterocycles. The van der Waals surface area contributed by atoms with Gasteiger partial charge in [0, 0.05) is 6.61 Å². The third-order valence-corrected chi connectivity index (χ3v) is 2.92. The van der Waals surface area contributed by atoms with E-state index >= 15 is 0 Å². The quantitative estimate of drug-likeness (QED) is 0.864. The SMILES string of the molecule is Cl.OCC1CCN(Cc2ccco2)CC1. The second kappa shape index (κ2) is 6.16. The van der Waals surface area contributed by atoms with E-state index in [2.05, 4.69) is 4.90 Å². The van der Waals surface area contributed by atoms with Gasteiger partial charge in [-0.3, -0.25) is 4.90 Å². The standard InChI is InChI=1S/C11H17NO2.ClH/c13-9-10-3-5-12(6-4-10)8-11-2-1-7-14-11;/h1-2,7,10,13H,3-6,8-9H2;1H. The number of aliphatic hydroxyl groups is 1. The molecule has 3 nitrogen and oxygen atoms in total. The number of hydrogen-bond donors (Lipinski definition) is 1. The molecular formula is C11H18ClNO2. The number of rotatable bonds is 3. The van der Waals surface area contributed by atoms with Crippen LogP contribution in [-0.2, 0) is 6.54 Å². The molecule has 0 aromatic carbocycles. The second-order valence-electron chi connectivity index (χ2n) is 3.98. The lowest BCUT2D eigenvalue weighted by atomic mass is 9.98.